The van der Waals surface area contributed by atoms with Crippen LogP contribution in [0.2, 0.25) is 5.02 Å². The lowest BCUT2D eigenvalue weighted by molar-refractivity contribution is 0.00647. The lowest BCUT2D eigenvalue weighted by Gasteiger charge is -2.26. The van der Waals surface area contributed by atoms with Gasteiger partial charge in [-0.2, -0.15) is 9.40 Å². The first-order chi connectivity index (χ1) is 19.8. The Morgan fingerprint density at radius 1 is 1.19 bits per heavy atom. The third-order valence-corrected chi connectivity index (χ3v) is 9.16. The summed E-state index contributed by atoms with van der Waals surface area (Å²) in [6.07, 6.45) is 0.263. The van der Waals surface area contributed by atoms with E-state index in [0.717, 1.165) is 11.9 Å². The van der Waals surface area contributed by atoms with Crippen LogP contribution < -0.4 is 5.32 Å². The summed E-state index contributed by atoms with van der Waals surface area (Å²) in [5.74, 6) is -4.03. The Morgan fingerprint density at radius 3 is 2.64 bits per heavy atom. The SMILES string of the molecule is CS(=O)(=O)N1CCc2c(c(-c3ccc(Cl)c(CNC(=O)c4ccccc4F)c3)nn2CC(O)CN2CCC(F)(F)C2)C1. The highest BCUT2D eigenvalue weighted by Gasteiger charge is 2.39. The first-order valence-corrected chi connectivity index (χ1v) is 15.7. The van der Waals surface area contributed by atoms with Gasteiger partial charge in [0.2, 0.25) is 10.0 Å². The molecule has 2 aromatic carbocycles. The van der Waals surface area contributed by atoms with Gasteiger partial charge in [0.05, 0.1) is 36.7 Å². The van der Waals surface area contributed by atoms with Crippen molar-refractivity contribution < 1.29 is 31.5 Å². The Bertz CT molecular complexity index is 1600. The maximum atomic E-state index is 14.0. The zero-order valence-electron chi connectivity index (χ0n) is 22.9. The summed E-state index contributed by atoms with van der Waals surface area (Å²) in [5, 5.41) is 18.5. The monoisotopic (exact) mass is 625 g/mol. The number of benzene rings is 2. The molecule has 5 rings (SSSR count). The maximum absolute atomic E-state index is 14.0. The number of β-amino-alcohol motifs (C(OH)–C–C–N with tert-alkyl or cyclic N) is 1. The van der Waals surface area contributed by atoms with Gasteiger partial charge < -0.3 is 10.4 Å². The zero-order valence-corrected chi connectivity index (χ0v) is 24.4. The molecule has 0 aliphatic carbocycles. The lowest BCUT2D eigenvalue weighted by atomic mass is 10.0. The summed E-state index contributed by atoms with van der Waals surface area (Å²) in [6, 6.07) is 10.7. The van der Waals surface area contributed by atoms with Gasteiger partial charge in [-0.3, -0.25) is 14.4 Å². The van der Waals surface area contributed by atoms with E-state index < -0.39 is 40.3 Å². The minimum absolute atomic E-state index is 0.00259. The fourth-order valence-electron chi connectivity index (χ4n) is 5.42. The van der Waals surface area contributed by atoms with Crippen molar-refractivity contribution in [2.24, 2.45) is 0 Å². The van der Waals surface area contributed by atoms with E-state index in [0.29, 0.717) is 33.8 Å². The van der Waals surface area contributed by atoms with E-state index >= 15 is 0 Å². The minimum Gasteiger partial charge on any atom is -0.390 e. The summed E-state index contributed by atoms with van der Waals surface area (Å²) in [6.45, 7) is 0.189. The predicted molar refractivity (Wildman–Crippen MR) is 151 cm³/mol. The van der Waals surface area contributed by atoms with Crippen LogP contribution in [0.5, 0.6) is 0 Å². The number of nitrogens with zero attached hydrogens (tertiary/aromatic N) is 4. The molecule has 1 amide bonds. The molecule has 1 aromatic heterocycles. The van der Waals surface area contributed by atoms with Crippen LogP contribution in [0.4, 0.5) is 13.2 Å². The number of halogens is 4. The minimum atomic E-state index is -3.50. The number of fused-ring (bicyclic) bond motifs is 1. The number of hydrogen-bond acceptors (Lipinski definition) is 6. The molecular weight excluding hydrogens is 595 g/mol. The second kappa shape index (κ2) is 12.0. The molecule has 2 aliphatic rings. The number of aromatic nitrogens is 2. The number of nitrogens with one attached hydrogen (secondary N) is 1. The van der Waals surface area contributed by atoms with E-state index in [1.54, 1.807) is 28.9 Å². The molecule has 1 unspecified atom stereocenters. The molecule has 14 heteroatoms. The van der Waals surface area contributed by atoms with Crippen molar-refractivity contribution in [2.75, 3.05) is 32.4 Å². The van der Waals surface area contributed by atoms with E-state index in [9.17, 15) is 31.5 Å². The Morgan fingerprint density at radius 2 is 1.95 bits per heavy atom. The molecule has 42 heavy (non-hydrogen) atoms. The van der Waals surface area contributed by atoms with E-state index in [1.165, 1.54) is 27.4 Å². The van der Waals surface area contributed by atoms with E-state index in [1.807, 2.05) is 0 Å². The van der Waals surface area contributed by atoms with Crippen molar-refractivity contribution in [1.82, 2.24) is 24.3 Å². The second-order valence-electron chi connectivity index (χ2n) is 10.8. The largest absolute Gasteiger partial charge is 0.390 e. The molecule has 2 aliphatic heterocycles. The van der Waals surface area contributed by atoms with Crippen molar-refractivity contribution in [1.29, 1.82) is 0 Å². The number of hydrogen-bond donors (Lipinski definition) is 2. The van der Waals surface area contributed by atoms with Crippen LogP contribution in [0.25, 0.3) is 11.3 Å². The van der Waals surface area contributed by atoms with E-state index in [2.05, 4.69) is 5.32 Å². The number of likely N-dealkylation sites (tertiary alicyclic amines) is 1. The fraction of sp³-hybridized carbons (Fsp3) is 0.429. The molecular formula is C28H31ClF3N5O4S. The first kappa shape index (κ1) is 30.5. The van der Waals surface area contributed by atoms with Crippen molar-refractivity contribution in [3.63, 3.8) is 0 Å². The van der Waals surface area contributed by atoms with Gasteiger partial charge in [-0.05, 0) is 29.8 Å². The maximum Gasteiger partial charge on any atom is 0.261 e. The molecule has 0 saturated carbocycles. The molecule has 0 spiro atoms. The van der Waals surface area contributed by atoms with Crippen LogP contribution in [0.15, 0.2) is 42.5 Å². The van der Waals surface area contributed by atoms with Gasteiger partial charge in [-0.1, -0.05) is 29.8 Å². The van der Waals surface area contributed by atoms with Crippen molar-refractivity contribution in [2.45, 2.75) is 44.5 Å². The average molecular weight is 626 g/mol. The Labute approximate surface area is 246 Å². The summed E-state index contributed by atoms with van der Waals surface area (Å²) < 4.78 is 69.0. The third-order valence-electron chi connectivity index (χ3n) is 7.55. The summed E-state index contributed by atoms with van der Waals surface area (Å²) in [7, 11) is -3.50. The molecule has 0 radical (unpaired) electrons. The van der Waals surface area contributed by atoms with Crippen LogP contribution in [-0.2, 0) is 36.1 Å². The third kappa shape index (κ3) is 6.81. The molecule has 2 N–H and O–H groups in total. The number of carbonyl (C=O) groups is 1. The molecule has 9 nitrogen and oxygen atoms in total. The standard InChI is InChI=1S/C28H31ClF3N5O4S/c1-42(40,41)36-10-8-25-22(16-36)26(34-37(25)15-20(38)14-35-11-9-28(31,32)17-35)18-6-7-23(29)19(12-18)13-33-27(39)21-4-2-3-5-24(21)30/h2-7,12,20,38H,8-11,13-17H2,1H3,(H,33,39). The smallest absolute Gasteiger partial charge is 0.261 e. The van der Waals surface area contributed by atoms with Crippen LogP contribution in [-0.4, -0.2) is 82.9 Å². The summed E-state index contributed by atoms with van der Waals surface area (Å²) in [5.41, 5.74) is 2.93. The second-order valence-corrected chi connectivity index (χ2v) is 13.2. The van der Waals surface area contributed by atoms with Crippen LogP contribution in [0.1, 0.15) is 33.6 Å². The molecule has 1 fully saturated rings. The molecule has 1 saturated heterocycles. The number of rotatable bonds is 9. The van der Waals surface area contributed by atoms with Gasteiger partial charge in [-0.15, -0.1) is 0 Å². The number of aliphatic hydroxyl groups is 1. The predicted octanol–water partition coefficient (Wildman–Crippen LogP) is 3.29. The molecule has 226 valence electrons. The van der Waals surface area contributed by atoms with Crippen molar-refractivity contribution >= 4 is 27.5 Å². The number of sulfonamides is 1. The first-order valence-electron chi connectivity index (χ1n) is 13.4. The number of alkyl halides is 2. The quantitative estimate of drug-likeness (QED) is 0.378. The Balaban J connectivity index is 1.41. The molecule has 3 aromatic rings. The number of amides is 1. The number of aliphatic hydroxyl groups excluding tert-OH is 1. The lowest BCUT2D eigenvalue weighted by Crippen LogP contribution is -2.37. The van der Waals surface area contributed by atoms with Crippen LogP contribution in [0.3, 0.4) is 0 Å². The zero-order chi connectivity index (χ0) is 30.2. The Hall–Kier alpha value is -2.97. The van der Waals surface area contributed by atoms with Crippen molar-refractivity contribution in [3.05, 3.63) is 75.7 Å². The summed E-state index contributed by atoms with van der Waals surface area (Å²) >= 11 is 6.42. The van der Waals surface area contributed by atoms with Gasteiger partial charge >= 0.3 is 0 Å². The summed E-state index contributed by atoms with van der Waals surface area (Å²) in [4.78, 5) is 14.1. The van der Waals surface area contributed by atoms with Gasteiger partial charge in [0, 0.05) is 67.4 Å². The Kier molecular flexibility index (Phi) is 8.68. The fourth-order valence-corrected chi connectivity index (χ4v) is 6.39. The molecule has 3 heterocycles. The van der Waals surface area contributed by atoms with Gasteiger partial charge in [-0.25, -0.2) is 21.6 Å². The normalized spacial score (nSPS) is 18.1. The van der Waals surface area contributed by atoms with Gasteiger partial charge in [0.15, 0.2) is 0 Å². The molecule has 1 atom stereocenters. The number of carbonyl (C=O) groups excluding carboxylic acids is 1. The van der Waals surface area contributed by atoms with Gasteiger partial charge in [0.1, 0.15) is 5.82 Å². The van der Waals surface area contributed by atoms with E-state index in [4.69, 9.17) is 16.7 Å². The highest BCUT2D eigenvalue weighted by atomic mass is 35.5. The highest BCUT2D eigenvalue weighted by molar-refractivity contribution is 7.88. The van der Waals surface area contributed by atoms with Crippen LogP contribution >= 0.6 is 11.6 Å². The average Bonchev–Trinajstić information content (AvgIpc) is 3.46. The van der Waals surface area contributed by atoms with Crippen molar-refractivity contribution in [3.8, 4) is 11.3 Å². The highest BCUT2D eigenvalue weighted by Crippen LogP contribution is 2.33. The van der Waals surface area contributed by atoms with E-state index in [-0.39, 0.29) is 51.3 Å². The molecule has 0 bridgehead atoms. The van der Waals surface area contributed by atoms with Gasteiger partial charge in [0.25, 0.3) is 11.8 Å². The van der Waals surface area contributed by atoms with Crippen LogP contribution in [0, 0.1) is 5.82 Å². The topological polar surface area (TPSA) is 108 Å².